The standard InChI is InChI=1S/C22H12Br2N4O5/c23-13-9-12-10-18(22(30)33-20(12)19(24)11-13)21(29)25-14-1-3-15(4-2-14)26-27-16-5-7-17(8-6-16)28(31)32/h1-11H,(H,25,29). The molecule has 0 atom stereocenters. The molecule has 9 nitrogen and oxygen atoms in total. The van der Waals surface area contributed by atoms with Crippen LogP contribution < -0.4 is 10.9 Å². The Bertz CT molecular complexity index is 1470. The smallest absolute Gasteiger partial charge is 0.349 e. The number of benzene rings is 3. The van der Waals surface area contributed by atoms with Gasteiger partial charge < -0.3 is 9.73 Å². The first-order valence-corrected chi connectivity index (χ1v) is 10.9. The average Bonchev–Trinajstić information content (AvgIpc) is 2.79. The molecule has 0 saturated carbocycles. The summed E-state index contributed by atoms with van der Waals surface area (Å²) in [5.41, 5.74) is 0.845. The fourth-order valence-corrected chi connectivity index (χ4v) is 4.22. The largest absolute Gasteiger partial charge is 0.421 e. The summed E-state index contributed by atoms with van der Waals surface area (Å²) in [6, 6.07) is 17.1. The molecule has 0 aliphatic heterocycles. The van der Waals surface area contributed by atoms with E-state index in [4.69, 9.17) is 4.42 Å². The van der Waals surface area contributed by atoms with E-state index in [1.807, 2.05) is 0 Å². The lowest BCUT2D eigenvalue weighted by Crippen LogP contribution is -2.20. The lowest BCUT2D eigenvalue weighted by Gasteiger charge is -2.06. The average molecular weight is 572 g/mol. The van der Waals surface area contributed by atoms with Gasteiger partial charge in [0, 0.05) is 27.7 Å². The van der Waals surface area contributed by atoms with Gasteiger partial charge in [-0.15, -0.1) is 0 Å². The second-order valence-electron chi connectivity index (χ2n) is 6.73. The van der Waals surface area contributed by atoms with Gasteiger partial charge in [-0.25, -0.2) is 4.79 Å². The van der Waals surface area contributed by atoms with Crippen LogP contribution in [0.5, 0.6) is 0 Å². The van der Waals surface area contributed by atoms with Gasteiger partial charge in [0.05, 0.1) is 20.8 Å². The molecule has 1 amide bonds. The molecule has 4 rings (SSSR count). The predicted molar refractivity (Wildman–Crippen MR) is 130 cm³/mol. The number of nitrogens with zero attached hydrogens (tertiary/aromatic N) is 3. The van der Waals surface area contributed by atoms with Crippen LogP contribution in [0.2, 0.25) is 0 Å². The van der Waals surface area contributed by atoms with E-state index in [9.17, 15) is 19.7 Å². The van der Waals surface area contributed by atoms with Crippen molar-refractivity contribution in [1.82, 2.24) is 0 Å². The lowest BCUT2D eigenvalue weighted by atomic mass is 10.1. The molecule has 0 fully saturated rings. The molecule has 11 heteroatoms. The van der Waals surface area contributed by atoms with Gasteiger partial charge in [0.15, 0.2) is 5.58 Å². The molecule has 1 N–H and O–H groups in total. The predicted octanol–water partition coefficient (Wildman–Crippen LogP) is 6.89. The van der Waals surface area contributed by atoms with Crippen molar-refractivity contribution < 1.29 is 14.1 Å². The maximum atomic E-state index is 12.6. The minimum absolute atomic E-state index is 0.0326. The van der Waals surface area contributed by atoms with Crippen LogP contribution in [0.4, 0.5) is 22.7 Å². The van der Waals surface area contributed by atoms with Crippen molar-refractivity contribution in [2.75, 3.05) is 5.32 Å². The van der Waals surface area contributed by atoms with Gasteiger partial charge in [0.2, 0.25) is 0 Å². The van der Waals surface area contributed by atoms with Crippen molar-refractivity contribution in [3.63, 3.8) is 0 Å². The van der Waals surface area contributed by atoms with E-state index in [0.29, 0.717) is 32.5 Å². The highest BCUT2D eigenvalue weighted by molar-refractivity contribution is 9.11. The molecular formula is C22H12Br2N4O5. The molecular weight excluding hydrogens is 560 g/mol. The summed E-state index contributed by atoms with van der Waals surface area (Å²) < 4.78 is 6.66. The number of rotatable bonds is 5. The van der Waals surface area contributed by atoms with E-state index in [2.05, 4.69) is 47.4 Å². The van der Waals surface area contributed by atoms with E-state index < -0.39 is 16.5 Å². The van der Waals surface area contributed by atoms with Crippen LogP contribution in [0, 0.1) is 10.1 Å². The lowest BCUT2D eigenvalue weighted by molar-refractivity contribution is -0.384. The number of nitro benzene ring substituents is 1. The highest BCUT2D eigenvalue weighted by Crippen LogP contribution is 2.28. The van der Waals surface area contributed by atoms with E-state index >= 15 is 0 Å². The van der Waals surface area contributed by atoms with Gasteiger partial charge in [-0.3, -0.25) is 14.9 Å². The Balaban J connectivity index is 1.48. The SMILES string of the molecule is O=C(Nc1ccc(N=Nc2ccc([N+](=O)[O-])cc2)cc1)c1cc2cc(Br)cc(Br)c2oc1=O. The zero-order valence-electron chi connectivity index (χ0n) is 16.5. The summed E-state index contributed by atoms with van der Waals surface area (Å²) in [7, 11) is 0. The summed E-state index contributed by atoms with van der Waals surface area (Å²) in [6.45, 7) is 0. The van der Waals surface area contributed by atoms with Crippen LogP contribution in [-0.2, 0) is 0 Å². The quantitative estimate of drug-likeness (QED) is 0.121. The summed E-state index contributed by atoms with van der Waals surface area (Å²) in [4.78, 5) is 35.1. The topological polar surface area (TPSA) is 127 Å². The number of halogens is 2. The van der Waals surface area contributed by atoms with Gasteiger partial charge in [-0.2, -0.15) is 10.2 Å². The van der Waals surface area contributed by atoms with Crippen LogP contribution >= 0.6 is 31.9 Å². The number of amides is 1. The van der Waals surface area contributed by atoms with E-state index in [1.165, 1.54) is 30.3 Å². The molecule has 1 aromatic heterocycles. The molecule has 0 saturated heterocycles. The molecule has 4 aromatic rings. The highest BCUT2D eigenvalue weighted by atomic mass is 79.9. The third-order valence-corrected chi connectivity index (χ3v) is 5.51. The third kappa shape index (κ3) is 5.21. The van der Waals surface area contributed by atoms with Crippen LogP contribution in [0.1, 0.15) is 10.4 Å². The van der Waals surface area contributed by atoms with E-state index in [-0.39, 0.29) is 11.3 Å². The molecule has 0 unspecified atom stereocenters. The fourth-order valence-electron chi connectivity index (χ4n) is 2.88. The number of fused-ring (bicyclic) bond motifs is 1. The molecule has 33 heavy (non-hydrogen) atoms. The molecule has 1 heterocycles. The number of non-ortho nitro benzene ring substituents is 1. The first kappa shape index (κ1) is 22.5. The minimum atomic E-state index is -0.753. The van der Waals surface area contributed by atoms with E-state index in [0.717, 1.165) is 4.47 Å². The highest BCUT2D eigenvalue weighted by Gasteiger charge is 2.16. The van der Waals surface area contributed by atoms with Crippen molar-refractivity contribution in [3.05, 3.63) is 102 Å². The van der Waals surface area contributed by atoms with Gasteiger partial charge in [-0.05, 0) is 70.5 Å². The Morgan fingerprint density at radius 1 is 0.939 bits per heavy atom. The fraction of sp³-hybridized carbons (Fsp3) is 0. The molecule has 0 aliphatic carbocycles. The summed E-state index contributed by atoms with van der Waals surface area (Å²) >= 11 is 6.70. The Kier molecular flexibility index (Phi) is 6.43. The van der Waals surface area contributed by atoms with Crippen LogP contribution in [0.3, 0.4) is 0 Å². The van der Waals surface area contributed by atoms with E-state index in [1.54, 1.807) is 36.4 Å². The number of azo groups is 1. The number of hydrogen-bond donors (Lipinski definition) is 1. The van der Waals surface area contributed by atoms with Crippen molar-refractivity contribution in [2.24, 2.45) is 10.2 Å². The number of hydrogen-bond acceptors (Lipinski definition) is 7. The van der Waals surface area contributed by atoms with Gasteiger partial charge in [0.1, 0.15) is 5.56 Å². The number of carbonyl (C=O) groups excluding carboxylic acids is 1. The van der Waals surface area contributed by atoms with Crippen molar-refractivity contribution in [2.45, 2.75) is 0 Å². The zero-order valence-corrected chi connectivity index (χ0v) is 19.7. The van der Waals surface area contributed by atoms with Crippen molar-refractivity contribution in [3.8, 4) is 0 Å². The summed E-state index contributed by atoms with van der Waals surface area (Å²) in [5, 5.41) is 22.0. The normalized spacial score (nSPS) is 11.1. The maximum absolute atomic E-state index is 12.6. The first-order valence-electron chi connectivity index (χ1n) is 9.31. The monoisotopic (exact) mass is 570 g/mol. The van der Waals surface area contributed by atoms with Crippen LogP contribution in [0.15, 0.2) is 95.1 Å². The van der Waals surface area contributed by atoms with Crippen LogP contribution in [0.25, 0.3) is 11.0 Å². The second-order valence-corrected chi connectivity index (χ2v) is 8.50. The minimum Gasteiger partial charge on any atom is -0.421 e. The number of nitrogens with one attached hydrogen (secondary N) is 1. The Morgan fingerprint density at radius 3 is 2.15 bits per heavy atom. The first-order chi connectivity index (χ1) is 15.8. The number of carbonyl (C=O) groups is 1. The Morgan fingerprint density at radius 2 is 1.55 bits per heavy atom. The van der Waals surface area contributed by atoms with Crippen molar-refractivity contribution in [1.29, 1.82) is 0 Å². The summed E-state index contributed by atoms with van der Waals surface area (Å²) in [5.74, 6) is -0.609. The van der Waals surface area contributed by atoms with Crippen LogP contribution in [-0.4, -0.2) is 10.8 Å². The molecule has 3 aromatic carbocycles. The Labute approximate surface area is 202 Å². The van der Waals surface area contributed by atoms with Crippen molar-refractivity contribution >= 4 is 71.5 Å². The molecule has 0 radical (unpaired) electrons. The second kappa shape index (κ2) is 9.43. The van der Waals surface area contributed by atoms with Gasteiger partial charge >= 0.3 is 5.63 Å². The number of anilines is 1. The zero-order chi connectivity index (χ0) is 23.5. The maximum Gasteiger partial charge on any atom is 0.349 e. The third-order valence-electron chi connectivity index (χ3n) is 4.46. The summed E-state index contributed by atoms with van der Waals surface area (Å²) in [6.07, 6.45) is 0. The molecule has 0 spiro atoms. The molecule has 164 valence electrons. The van der Waals surface area contributed by atoms with Gasteiger partial charge in [0.25, 0.3) is 11.6 Å². The molecule has 0 aliphatic rings. The van der Waals surface area contributed by atoms with Gasteiger partial charge in [-0.1, -0.05) is 15.9 Å². The number of nitro groups is 1. The molecule has 0 bridgehead atoms. The Hall–Kier alpha value is -3.70.